The van der Waals surface area contributed by atoms with E-state index in [1.165, 1.54) is 11.1 Å². The topological polar surface area (TPSA) is 17.1 Å². The maximum Gasteiger partial charge on any atom is 0.150 e. The molecular formula is C10H12O. The quantitative estimate of drug-likeness (QED) is 0.559. The van der Waals surface area contributed by atoms with Gasteiger partial charge < -0.3 is 0 Å². The number of hydrogen-bond acceptors (Lipinski definition) is 1. The van der Waals surface area contributed by atoms with Crippen LogP contribution < -0.4 is 0 Å². The smallest absolute Gasteiger partial charge is 0.150 e. The summed E-state index contributed by atoms with van der Waals surface area (Å²) >= 11 is 0. The molecule has 0 saturated heterocycles. The Labute approximate surface area is 67.1 Å². The highest BCUT2D eigenvalue weighted by atomic mass is 16.1. The van der Waals surface area contributed by atoms with Crippen LogP contribution in [0, 0.1) is 20.8 Å². The third-order valence-corrected chi connectivity index (χ3v) is 2.23. The van der Waals surface area contributed by atoms with Gasteiger partial charge >= 0.3 is 0 Å². The van der Waals surface area contributed by atoms with Crippen LogP contribution in [0.25, 0.3) is 0 Å². The van der Waals surface area contributed by atoms with Gasteiger partial charge in [-0.3, -0.25) is 4.79 Å². The Kier molecular flexibility index (Phi) is 2.08. The monoisotopic (exact) mass is 148 g/mol. The summed E-state index contributed by atoms with van der Waals surface area (Å²) < 4.78 is 0. The summed E-state index contributed by atoms with van der Waals surface area (Å²) in [6, 6.07) is 3.84. The zero-order valence-electron chi connectivity index (χ0n) is 7.14. The molecule has 0 atom stereocenters. The van der Waals surface area contributed by atoms with Crippen LogP contribution in [-0.2, 0) is 0 Å². The Morgan fingerprint density at radius 2 is 1.73 bits per heavy atom. The highest BCUT2D eigenvalue weighted by molar-refractivity contribution is 5.78. The normalized spacial score (nSPS) is 9.73. The fourth-order valence-corrected chi connectivity index (χ4v) is 1.10. The number of benzene rings is 1. The fourth-order valence-electron chi connectivity index (χ4n) is 1.10. The number of rotatable bonds is 1. The lowest BCUT2D eigenvalue weighted by Crippen LogP contribution is -1.92. The van der Waals surface area contributed by atoms with E-state index in [4.69, 9.17) is 0 Å². The first-order valence-corrected chi connectivity index (χ1v) is 3.69. The summed E-state index contributed by atoms with van der Waals surface area (Å²) in [4.78, 5) is 10.5. The molecule has 0 aliphatic heterocycles. The standard InChI is InChI=1S/C10H12O/c1-7-4-5-10(6-11)9(3)8(7)2/h4-6H,1-3H3. The van der Waals surface area contributed by atoms with Gasteiger partial charge in [-0.15, -0.1) is 0 Å². The average molecular weight is 148 g/mol. The van der Waals surface area contributed by atoms with Gasteiger partial charge in [-0.2, -0.15) is 0 Å². The van der Waals surface area contributed by atoms with Crippen molar-refractivity contribution >= 4 is 6.29 Å². The summed E-state index contributed by atoms with van der Waals surface area (Å²) in [5.74, 6) is 0. The Morgan fingerprint density at radius 1 is 1.09 bits per heavy atom. The third-order valence-electron chi connectivity index (χ3n) is 2.23. The van der Waals surface area contributed by atoms with Crippen molar-refractivity contribution in [2.45, 2.75) is 20.8 Å². The number of aldehydes is 1. The maximum atomic E-state index is 10.5. The van der Waals surface area contributed by atoms with Crippen LogP contribution >= 0.6 is 0 Å². The molecule has 0 amide bonds. The average Bonchev–Trinajstić information content (AvgIpc) is 2.01. The lowest BCUT2D eigenvalue weighted by atomic mass is 10.00. The van der Waals surface area contributed by atoms with E-state index in [0.29, 0.717) is 0 Å². The SMILES string of the molecule is Cc1ccc(C=O)c(C)c1C. The molecule has 0 aliphatic rings. The van der Waals surface area contributed by atoms with Crippen LogP contribution in [0.4, 0.5) is 0 Å². The van der Waals surface area contributed by atoms with E-state index in [-0.39, 0.29) is 0 Å². The van der Waals surface area contributed by atoms with Crippen LogP contribution in [0.2, 0.25) is 0 Å². The summed E-state index contributed by atoms with van der Waals surface area (Å²) in [5.41, 5.74) is 4.36. The summed E-state index contributed by atoms with van der Waals surface area (Å²) in [5, 5.41) is 0. The van der Waals surface area contributed by atoms with Gasteiger partial charge in [-0.05, 0) is 37.5 Å². The van der Waals surface area contributed by atoms with E-state index < -0.39 is 0 Å². The molecule has 0 heterocycles. The molecule has 1 aromatic rings. The van der Waals surface area contributed by atoms with Crippen LogP contribution in [-0.4, -0.2) is 6.29 Å². The molecule has 0 fully saturated rings. The zero-order chi connectivity index (χ0) is 8.43. The summed E-state index contributed by atoms with van der Waals surface area (Å²) in [6.07, 6.45) is 0.905. The second-order valence-corrected chi connectivity index (χ2v) is 2.84. The van der Waals surface area contributed by atoms with Gasteiger partial charge in [-0.1, -0.05) is 12.1 Å². The van der Waals surface area contributed by atoms with Crippen molar-refractivity contribution < 1.29 is 4.79 Å². The van der Waals surface area contributed by atoms with Crippen LogP contribution in [0.1, 0.15) is 27.0 Å². The van der Waals surface area contributed by atoms with E-state index >= 15 is 0 Å². The van der Waals surface area contributed by atoms with Crippen LogP contribution in [0.15, 0.2) is 12.1 Å². The van der Waals surface area contributed by atoms with Crippen molar-refractivity contribution in [2.75, 3.05) is 0 Å². The molecule has 0 saturated carbocycles. The minimum Gasteiger partial charge on any atom is -0.298 e. The van der Waals surface area contributed by atoms with E-state index in [0.717, 1.165) is 17.4 Å². The van der Waals surface area contributed by atoms with Gasteiger partial charge in [0.2, 0.25) is 0 Å². The van der Waals surface area contributed by atoms with Crippen molar-refractivity contribution in [1.29, 1.82) is 0 Å². The molecule has 1 rings (SSSR count). The van der Waals surface area contributed by atoms with Gasteiger partial charge in [0.15, 0.2) is 0 Å². The molecule has 11 heavy (non-hydrogen) atoms. The second kappa shape index (κ2) is 2.87. The lowest BCUT2D eigenvalue weighted by Gasteiger charge is -2.05. The van der Waals surface area contributed by atoms with E-state index in [2.05, 4.69) is 6.92 Å². The number of carbonyl (C=O) groups excluding carboxylic acids is 1. The Balaban J connectivity index is 3.36. The lowest BCUT2D eigenvalue weighted by molar-refractivity contribution is 0.112. The highest BCUT2D eigenvalue weighted by Crippen LogP contribution is 2.14. The van der Waals surface area contributed by atoms with Crippen molar-refractivity contribution in [3.05, 3.63) is 34.4 Å². The third kappa shape index (κ3) is 1.32. The Bertz CT molecular complexity index is 287. The molecule has 0 spiro atoms. The van der Waals surface area contributed by atoms with Crippen LogP contribution in [0.3, 0.4) is 0 Å². The molecule has 0 aromatic heterocycles. The fraction of sp³-hybridized carbons (Fsp3) is 0.300. The maximum absolute atomic E-state index is 10.5. The predicted octanol–water partition coefficient (Wildman–Crippen LogP) is 2.42. The molecule has 0 unspecified atom stereocenters. The van der Waals surface area contributed by atoms with Gasteiger partial charge in [-0.25, -0.2) is 0 Å². The largest absolute Gasteiger partial charge is 0.298 e. The van der Waals surface area contributed by atoms with E-state index in [1.54, 1.807) is 0 Å². The number of aryl methyl sites for hydroxylation is 1. The molecule has 1 aromatic carbocycles. The minimum atomic E-state index is 0.799. The van der Waals surface area contributed by atoms with Crippen molar-refractivity contribution in [2.24, 2.45) is 0 Å². The minimum absolute atomic E-state index is 0.799. The molecule has 0 N–H and O–H groups in total. The molecule has 0 radical (unpaired) electrons. The first kappa shape index (κ1) is 7.99. The summed E-state index contributed by atoms with van der Waals surface area (Å²) in [7, 11) is 0. The first-order valence-electron chi connectivity index (χ1n) is 3.69. The molecule has 58 valence electrons. The molecule has 1 nitrogen and oxygen atoms in total. The first-order chi connectivity index (χ1) is 5.16. The molecular weight excluding hydrogens is 136 g/mol. The van der Waals surface area contributed by atoms with Crippen molar-refractivity contribution in [3.63, 3.8) is 0 Å². The number of hydrogen-bond donors (Lipinski definition) is 0. The highest BCUT2D eigenvalue weighted by Gasteiger charge is 2.00. The van der Waals surface area contributed by atoms with Gasteiger partial charge in [0.1, 0.15) is 6.29 Å². The van der Waals surface area contributed by atoms with Crippen molar-refractivity contribution in [1.82, 2.24) is 0 Å². The van der Waals surface area contributed by atoms with E-state index in [9.17, 15) is 4.79 Å². The Morgan fingerprint density at radius 3 is 2.27 bits per heavy atom. The Hall–Kier alpha value is -1.11. The van der Waals surface area contributed by atoms with E-state index in [1.807, 2.05) is 26.0 Å². The molecule has 1 heteroatoms. The van der Waals surface area contributed by atoms with Crippen LogP contribution in [0.5, 0.6) is 0 Å². The zero-order valence-corrected chi connectivity index (χ0v) is 7.14. The van der Waals surface area contributed by atoms with Gasteiger partial charge in [0.05, 0.1) is 0 Å². The molecule has 0 aliphatic carbocycles. The number of carbonyl (C=O) groups is 1. The van der Waals surface area contributed by atoms with Gasteiger partial charge in [0.25, 0.3) is 0 Å². The predicted molar refractivity (Wildman–Crippen MR) is 46.0 cm³/mol. The summed E-state index contributed by atoms with van der Waals surface area (Å²) in [6.45, 7) is 6.07. The van der Waals surface area contributed by atoms with Gasteiger partial charge in [0, 0.05) is 5.56 Å². The van der Waals surface area contributed by atoms with Crippen molar-refractivity contribution in [3.8, 4) is 0 Å². The molecule has 0 bridgehead atoms. The second-order valence-electron chi connectivity index (χ2n) is 2.84.